The van der Waals surface area contributed by atoms with E-state index in [0.29, 0.717) is 25.9 Å². The molecule has 0 aromatic heterocycles. The van der Waals surface area contributed by atoms with E-state index in [1.807, 2.05) is 0 Å². The van der Waals surface area contributed by atoms with Gasteiger partial charge in [-0.05, 0) is 25.7 Å². The molecule has 0 amide bonds. The van der Waals surface area contributed by atoms with Crippen LogP contribution in [0.15, 0.2) is 0 Å². The summed E-state index contributed by atoms with van der Waals surface area (Å²) in [6.45, 7) is 0.515. The molecule has 0 aliphatic carbocycles. The summed E-state index contributed by atoms with van der Waals surface area (Å²) in [5, 5.41) is 18.6. The molecule has 1 rings (SSSR count). The molecule has 16 heavy (non-hydrogen) atoms. The van der Waals surface area contributed by atoms with Crippen LogP contribution in [-0.2, 0) is 9.47 Å². The highest BCUT2D eigenvalue weighted by Crippen LogP contribution is 2.31. The van der Waals surface area contributed by atoms with Gasteiger partial charge in [0.1, 0.15) is 0 Å². The third kappa shape index (κ3) is 4.48. The van der Waals surface area contributed by atoms with Gasteiger partial charge in [0.05, 0.1) is 18.8 Å². The smallest absolute Gasteiger partial charge is 0.167 e. The molecule has 0 aromatic carbocycles. The van der Waals surface area contributed by atoms with E-state index in [9.17, 15) is 5.11 Å². The molecule has 0 spiro atoms. The maximum Gasteiger partial charge on any atom is 0.167 e. The maximum absolute atomic E-state index is 10.2. The van der Waals surface area contributed by atoms with Crippen LogP contribution in [0, 0.1) is 11.3 Å². The Hall–Kier alpha value is -0.630. The summed E-state index contributed by atoms with van der Waals surface area (Å²) >= 11 is 0. The average molecular weight is 227 g/mol. The number of aliphatic hydroxyl groups is 1. The van der Waals surface area contributed by atoms with Crippen molar-refractivity contribution in [1.29, 1.82) is 5.26 Å². The van der Waals surface area contributed by atoms with Gasteiger partial charge in [-0.15, -0.1) is 0 Å². The molecule has 0 radical (unpaired) electrons. The van der Waals surface area contributed by atoms with E-state index in [1.165, 1.54) is 0 Å². The van der Waals surface area contributed by atoms with Gasteiger partial charge in [0, 0.05) is 26.4 Å². The van der Waals surface area contributed by atoms with E-state index in [1.54, 1.807) is 7.11 Å². The minimum atomic E-state index is -1.01. The zero-order valence-electron chi connectivity index (χ0n) is 9.95. The van der Waals surface area contributed by atoms with Gasteiger partial charge in [0.2, 0.25) is 0 Å². The number of nitrogens with zero attached hydrogens (tertiary/aromatic N) is 1. The number of unbranched alkanes of at least 4 members (excludes halogenated alkanes) is 1. The molecule has 1 N–H and O–H groups in total. The Labute approximate surface area is 97.2 Å². The van der Waals surface area contributed by atoms with Crippen molar-refractivity contribution >= 4 is 0 Å². The van der Waals surface area contributed by atoms with Crippen molar-refractivity contribution in [2.24, 2.45) is 0 Å². The van der Waals surface area contributed by atoms with E-state index in [0.717, 1.165) is 25.7 Å². The minimum Gasteiger partial charge on any atom is -0.384 e. The van der Waals surface area contributed by atoms with Crippen molar-refractivity contribution in [2.75, 3.05) is 13.7 Å². The monoisotopic (exact) mass is 227 g/mol. The topological polar surface area (TPSA) is 62.5 Å². The Morgan fingerprint density at radius 3 is 3.12 bits per heavy atom. The highest BCUT2D eigenvalue weighted by molar-refractivity contribution is 4.78. The third-order valence-corrected chi connectivity index (χ3v) is 2.99. The lowest BCUT2D eigenvalue weighted by Gasteiger charge is -2.37. The molecular formula is C12H21NO3. The lowest BCUT2D eigenvalue weighted by atomic mass is 9.96. The fourth-order valence-corrected chi connectivity index (χ4v) is 2.09. The Morgan fingerprint density at radius 2 is 2.44 bits per heavy atom. The minimum absolute atomic E-state index is 0.101. The second kappa shape index (κ2) is 6.85. The number of methoxy groups -OCH3 is 1. The van der Waals surface area contributed by atoms with Gasteiger partial charge < -0.3 is 14.6 Å². The quantitative estimate of drug-likeness (QED) is 0.705. The van der Waals surface area contributed by atoms with E-state index >= 15 is 0 Å². The highest BCUT2D eigenvalue weighted by Gasteiger charge is 2.34. The van der Waals surface area contributed by atoms with Gasteiger partial charge in [-0.2, -0.15) is 5.26 Å². The molecule has 0 bridgehead atoms. The maximum atomic E-state index is 10.2. The molecular weight excluding hydrogens is 206 g/mol. The van der Waals surface area contributed by atoms with Crippen LogP contribution in [-0.4, -0.2) is 30.7 Å². The van der Waals surface area contributed by atoms with Crippen LogP contribution in [0.5, 0.6) is 0 Å². The molecule has 0 aromatic rings. The fourth-order valence-electron chi connectivity index (χ4n) is 2.09. The lowest BCUT2D eigenvalue weighted by Crippen LogP contribution is -2.41. The molecule has 2 atom stereocenters. The van der Waals surface area contributed by atoms with Crippen LogP contribution in [0.2, 0.25) is 0 Å². The summed E-state index contributed by atoms with van der Waals surface area (Å²) in [6.07, 6.45) is 5.56. The number of hydrogen-bond acceptors (Lipinski definition) is 4. The summed E-state index contributed by atoms with van der Waals surface area (Å²) in [5.41, 5.74) is 0. The van der Waals surface area contributed by atoms with Crippen molar-refractivity contribution in [2.45, 2.75) is 56.8 Å². The Bertz CT molecular complexity index is 239. The summed E-state index contributed by atoms with van der Waals surface area (Å²) in [7, 11) is 1.62. The number of rotatable bonds is 6. The van der Waals surface area contributed by atoms with Crippen LogP contribution >= 0.6 is 0 Å². The fraction of sp³-hybridized carbons (Fsp3) is 0.917. The van der Waals surface area contributed by atoms with Gasteiger partial charge in [0.15, 0.2) is 5.79 Å². The molecule has 1 saturated heterocycles. The Balaban J connectivity index is 2.31. The highest BCUT2D eigenvalue weighted by atomic mass is 16.6. The predicted octanol–water partition coefficient (Wildman–Crippen LogP) is 1.97. The SMILES string of the molecule is COCC[C@@]1(O)CCC[C@@H](CCCC#N)O1. The number of ether oxygens (including phenoxy) is 2. The van der Waals surface area contributed by atoms with Crippen LogP contribution in [0.25, 0.3) is 0 Å². The second-order valence-electron chi connectivity index (χ2n) is 4.37. The summed E-state index contributed by atoms with van der Waals surface area (Å²) in [5.74, 6) is -1.01. The molecule has 1 aliphatic heterocycles. The van der Waals surface area contributed by atoms with Gasteiger partial charge in [-0.1, -0.05) is 0 Å². The van der Waals surface area contributed by atoms with Gasteiger partial charge in [-0.3, -0.25) is 0 Å². The van der Waals surface area contributed by atoms with E-state index < -0.39 is 5.79 Å². The normalized spacial score (nSPS) is 29.9. The zero-order valence-corrected chi connectivity index (χ0v) is 9.95. The first-order chi connectivity index (χ1) is 7.70. The standard InChI is InChI=1S/C12H21NO3/c1-15-10-8-12(14)7-4-6-11(16-12)5-2-3-9-13/h11,14H,2-8,10H2,1H3/t11-,12-/m1/s1. The van der Waals surface area contributed by atoms with Crippen molar-refractivity contribution < 1.29 is 14.6 Å². The van der Waals surface area contributed by atoms with Crippen LogP contribution in [0.4, 0.5) is 0 Å². The third-order valence-electron chi connectivity index (χ3n) is 2.99. The van der Waals surface area contributed by atoms with E-state index in [2.05, 4.69) is 6.07 Å². The van der Waals surface area contributed by atoms with Gasteiger partial charge >= 0.3 is 0 Å². The van der Waals surface area contributed by atoms with Crippen molar-refractivity contribution in [3.8, 4) is 6.07 Å². The molecule has 1 aliphatic rings. The first kappa shape index (κ1) is 13.4. The van der Waals surface area contributed by atoms with Crippen LogP contribution in [0.1, 0.15) is 44.9 Å². The van der Waals surface area contributed by atoms with Gasteiger partial charge in [-0.25, -0.2) is 0 Å². The number of nitriles is 1. The largest absolute Gasteiger partial charge is 0.384 e. The Kier molecular flexibility index (Phi) is 5.75. The first-order valence-electron chi connectivity index (χ1n) is 5.96. The average Bonchev–Trinajstić information content (AvgIpc) is 2.27. The van der Waals surface area contributed by atoms with Crippen LogP contribution < -0.4 is 0 Å². The lowest BCUT2D eigenvalue weighted by molar-refractivity contribution is -0.261. The van der Waals surface area contributed by atoms with Gasteiger partial charge in [0.25, 0.3) is 0 Å². The molecule has 0 saturated carbocycles. The molecule has 1 fully saturated rings. The van der Waals surface area contributed by atoms with Crippen molar-refractivity contribution in [1.82, 2.24) is 0 Å². The molecule has 4 heteroatoms. The van der Waals surface area contributed by atoms with Crippen molar-refractivity contribution in [3.63, 3.8) is 0 Å². The molecule has 1 heterocycles. The van der Waals surface area contributed by atoms with E-state index in [-0.39, 0.29) is 6.10 Å². The molecule has 4 nitrogen and oxygen atoms in total. The van der Waals surface area contributed by atoms with Crippen LogP contribution in [0.3, 0.4) is 0 Å². The van der Waals surface area contributed by atoms with Crippen molar-refractivity contribution in [3.05, 3.63) is 0 Å². The second-order valence-corrected chi connectivity index (χ2v) is 4.37. The Morgan fingerprint density at radius 1 is 1.62 bits per heavy atom. The summed E-state index contributed by atoms with van der Waals surface area (Å²) in [6, 6.07) is 2.12. The molecule has 0 unspecified atom stereocenters. The first-order valence-corrected chi connectivity index (χ1v) is 5.96. The number of hydrogen-bond donors (Lipinski definition) is 1. The summed E-state index contributed by atoms with van der Waals surface area (Å²) < 4.78 is 10.6. The summed E-state index contributed by atoms with van der Waals surface area (Å²) in [4.78, 5) is 0. The predicted molar refractivity (Wildman–Crippen MR) is 59.6 cm³/mol. The molecule has 92 valence electrons. The van der Waals surface area contributed by atoms with E-state index in [4.69, 9.17) is 14.7 Å². The zero-order chi connectivity index (χ0) is 11.9.